The van der Waals surface area contributed by atoms with Crippen LogP contribution >= 0.6 is 0 Å². The summed E-state index contributed by atoms with van der Waals surface area (Å²) in [4.78, 5) is 11.4. The normalized spacial score (nSPS) is 10.5. The number of ether oxygens (including phenoxy) is 1. The van der Waals surface area contributed by atoms with E-state index in [2.05, 4.69) is 6.92 Å². The van der Waals surface area contributed by atoms with Gasteiger partial charge in [-0.25, -0.2) is 0 Å². The second kappa shape index (κ2) is 7.23. The molecule has 0 amide bonds. The molecule has 0 unspecified atom stereocenters. The minimum Gasteiger partial charge on any atom is -0.461 e. The van der Waals surface area contributed by atoms with E-state index in [1.54, 1.807) is 12.1 Å². The van der Waals surface area contributed by atoms with Gasteiger partial charge in [-0.1, -0.05) is 26.2 Å². The second-order valence-corrected chi connectivity index (χ2v) is 3.51. The third-order valence-corrected chi connectivity index (χ3v) is 2.17. The smallest absolute Gasteiger partial charge is 0.223 e. The number of carbonyl (C=O) groups is 1. The van der Waals surface area contributed by atoms with Crippen molar-refractivity contribution in [3.63, 3.8) is 0 Å². The fourth-order valence-electron chi connectivity index (χ4n) is 1.30. The topological polar surface area (TPSA) is 39.4 Å². The molecule has 1 rings (SSSR count). The molecule has 0 saturated heterocycles. The van der Waals surface area contributed by atoms with E-state index in [-0.39, 0.29) is 12.4 Å². The van der Waals surface area contributed by atoms with Gasteiger partial charge in [0.05, 0.1) is 6.26 Å². The SMILES string of the molecule is CCCCCCOCC(=O)c1ccco1. The van der Waals surface area contributed by atoms with Crippen LogP contribution in [0.25, 0.3) is 0 Å². The van der Waals surface area contributed by atoms with Crippen molar-refractivity contribution in [1.82, 2.24) is 0 Å². The third kappa shape index (κ3) is 4.79. The van der Waals surface area contributed by atoms with Crippen LogP contribution in [0.1, 0.15) is 43.2 Å². The van der Waals surface area contributed by atoms with E-state index < -0.39 is 0 Å². The summed E-state index contributed by atoms with van der Waals surface area (Å²) in [6.07, 6.45) is 6.14. The molecule has 84 valence electrons. The van der Waals surface area contributed by atoms with Crippen molar-refractivity contribution in [2.24, 2.45) is 0 Å². The van der Waals surface area contributed by atoms with E-state index in [0.717, 1.165) is 6.42 Å². The Morgan fingerprint density at radius 1 is 1.40 bits per heavy atom. The van der Waals surface area contributed by atoms with E-state index in [9.17, 15) is 4.79 Å². The first kappa shape index (κ1) is 12.0. The molecular weight excluding hydrogens is 192 g/mol. The van der Waals surface area contributed by atoms with Crippen LogP contribution in [0.2, 0.25) is 0 Å². The Labute approximate surface area is 90.4 Å². The van der Waals surface area contributed by atoms with Crippen LogP contribution in [0, 0.1) is 0 Å². The molecule has 3 heteroatoms. The highest BCUT2D eigenvalue weighted by molar-refractivity contribution is 5.94. The van der Waals surface area contributed by atoms with Gasteiger partial charge in [-0.2, -0.15) is 0 Å². The van der Waals surface area contributed by atoms with Gasteiger partial charge >= 0.3 is 0 Å². The lowest BCUT2D eigenvalue weighted by atomic mass is 10.2. The van der Waals surface area contributed by atoms with Crippen molar-refractivity contribution >= 4 is 5.78 Å². The average Bonchev–Trinajstić information content (AvgIpc) is 2.76. The Balaban J connectivity index is 2.03. The van der Waals surface area contributed by atoms with Gasteiger partial charge in [0.2, 0.25) is 5.78 Å². The average molecular weight is 210 g/mol. The van der Waals surface area contributed by atoms with Crippen LogP contribution in [0.4, 0.5) is 0 Å². The molecule has 0 aromatic carbocycles. The molecule has 0 atom stereocenters. The van der Waals surface area contributed by atoms with Gasteiger partial charge in [0.25, 0.3) is 0 Å². The molecule has 0 fully saturated rings. The number of carbonyl (C=O) groups excluding carboxylic acids is 1. The summed E-state index contributed by atoms with van der Waals surface area (Å²) in [5.74, 6) is 0.291. The van der Waals surface area contributed by atoms with Gasteiger partial charge in [-0.3, -0.25) is 4.79 Å². The van der Waals surface area contributed by atoms with E-state index in [4.69, 9.17) is 9.15 Å². The standard InChI is InChI=1S/C12H18O3/c1-2-3-4-5-8-14-10-11(13)12-7-6-9-15-12/h6-7,9H,2-5,8,10H2,1H3. The van der Waals surface area contributed by atoms with Crippen LogP contribution in [0.3, 0.4) is 0 Å². The molecule has 1 aromatic rings. The molecule has 0 N–H and O–H groups in total. The molecule has 1 aromatic heterocycles. The van der Waals surface area contributed by atoms with Crippen molar-refractivity contribution in [1.29, 1.82) is 0 Å². The summed E-state index contributed by atoms with van der Waals surface area (Å²) < 4.78 is 10.2. The van der Waals surface area contributed by atoms with Crippen LogP contribution in [0.5, 0.6) is 0 Å². The molecule has 0 spiro atoms. The first-order chi connectivity index (χ1) is 7.34. The van der Waals surface area contributed by atoms with Gasteiger partial charge < -0.3 is 9.15 Å². The highest BCUT2D eigenvalue weighted by atomic mass is 16.5. The molecule has 0 aliphatic carbocycles. The van der Waals surface area contributed by atoms with Gasteiger partial charge in [0.15, 0.2) is 5.76 Å². The van der Waals surface area contributed by atoms with Crippen molar-refractivity contribution in [3.8, 4) is 0 Å². The molecule has 0 bridgehead atoms. The summed E-state index contributed by atoms with van der Waals surface area (Å²) in [6.45, 7) is 2.95. The lowest BCUT2D eigenvalue weighted by molar-refractivity contribution is 0.0726. The lowest BCUT2D eigenvalue weighted by Crippen LogP contribution is -2.08. The number of unbranched alkanes of at least 4 members (excludes halogenated alkanes) is 3. The Kier molecular flexibility index (Phi) is 5.78. The second-order valence-electron chi connectivity index (χ2n) is 3.51. The number of furan rings is 1. The van der Waals surface area contributed by atoms with Crippen LogP contribution in [-0.2, 0) is 4.74 Å². The quantitative estimate of drug-likeness (QED) is 0.489. The predicted octanol–water partition coefficient (Wildman–Crippen LogP) is 3.06. The zero-order valence-corrected chi connectivity index (χ0v) is 9.20. The van der Waals surface area contributed by atoms with Crippen molar-refractivity contribution in [2.75, 3.05) is 13.2 Å². The molecule has 0 saturated carbocycles. The Morgan fingerprint density at radius 2 is 2.27 bits per heavy atom. The Hall–Kier alpha value is -1.09. The number of Topliss-reactive ketones (excluding diaryl/α,β-unsaturated/α-hetero) is 1. The number of hydrogen-bond donors (Lipinski definition) is 0. The fraction of sp³-hybridized carbons (Fsp3) is 0.583. The summed E-state index contributed by atoms with van der Waals surface area (Å²) in [7, 11) is 0. The summed E-state index contributed by atoms with van der Waals surface area (Å²) in [6, 6.07) is 3.36. The summed E-state index contributed by atoms with van der Waals surface area (Å²) in [5.41, 5.74) is 0. The molecule has 1 heterocycles. The van der Waals surface area contributed by atoms with E-state index >= 15 is 0 Å². The zero-order chi connectivity index (χ0) is 10.9. The van der Waals surface area contributed by atoms with Crippen molar-refractivity contribution < 1.29 is 13.9 Å². The Morgan fingerprint density at radius 3 is 2.93 bits per heavy atom. The number of ketones is 1. The maximum absolute atomic E-state index is 11.4. The van der Waals surface area contributed by atoms with Gasteiger partial charge in [0, 0.05) is 6.61 Å². The molecule has 3 nitrogen and oxygen atoms in total. The zero-order valence-electron chi connectivity index (χ0n) is 9.20. The first-order valence-corrected chi connectivity index (χ1v) is 5.49. The van der Waals surface area contributed by atoms with E-state index in [1.165, 1.54) is 25.5 Å². The minimum atomic E-state index is -0.0875. The van der Waals surface area contributed by atoms with Gasteiger partial charge in [-0.15, -0.1) is 0 Å². The van der Waals surface area contributed by atoms with Gasteiger partial charge in [-0.05, 0) is 18.6 Å². The van der Waals surface area contributed by atoms with Crippen molar-refractivity contribution in [3.05, 3.63) is 24.2 Å². The van der Waals surface area contributed by atoms with Crippen LogP contribution < -0.4 is 0 Å². The molecule has 15 heavy (non-hydrogen) atoms. The summed E-state index contributed by atoms with van der Waals surface area (Å²) in [5, 5.41) is 0. The highest BCUT2D eigenvalue weighted by Crippen LogP contribution is 2.03. The van der Waals surface area contributed by atoms with Crippen LogP contribution in [0.15, 0.2) is 22.8 Å². The maximum Gasteiger partial charge on any atom is 0.223 e. The third-order valence-electron chi connectivity index (χ3n) is 2.17. The van der Waals surface area contributed by atoms with Crippen LogP contribution in [-0.4, -0.2) is 19.0 Å². The molecular formula is C12H18O3. The predicted molar refractivity (Wildman–Crippen MR) is 58.0 cm³/mol. The van der Waals surface area contributed by atoms with Crippen molar-refractivity contribution in [2.45, 2.75) is 32.6 Å². The molecule has 0 radical (unpaired) electrons. The first-order valence-electron chi connectivity index (χ1n) is 5.49. The molecule has 0 aliphatic rings. The fourth-order valence-corrected chi connectivity index (χ4v) is 1.30. The highest BCUT2D eigenvalue weighted by Gasteiger charge is 2.07. The summed E-state index contributed by atoms with van der Waals surface area (Å²) >= 11 is 0. The number of hydrogen-bond acceptors (Lipinski definition) is 3. The van der Waals surface area contributed by atoms with E-state index in [0.29, 0.717) is 12.4 Å². The lowest BCUT2D eigenvalue weighted by Gasteiger charge is -2.01. The Bertz CT molecular complexity index is 264. The van der Waals surface area contributed by atoms with Gasteiger partial charge in [0.1, 0.15) is 6.61 Å². The van der Waals surface area contributed by atoms with E-state index in [1.807, 2.05) is 0 Å². The monoisotopic (exact) mass is 210 g/mol. The largest absolute Gasteiger partial charge is 0.461 e. The maximum atomic E-state index is 11.4. The minimum absolute atomic E-state index is 0.0875. The number of rotatable bonds is 8. The molecule has 0 aliphatic heterocycles.